The van der Waals surface area contributed by atoms with Crippen LogP contribution in [0.1, 0.15) is 17.0 Å². The highest BCUT2D eigenvalue weighted by atomic mass is 79.9. The van der Waals surface area contributed by atoms with Crippen molar-refractivity contribution in [1.29, 1.82) is 0 Å². The highest BCUT2D eigenvalue weighted by Crippen LogP contribution is 2.30. The first kappa shape index (κ1) is 12.2. The third-order valence-corrected chi connectivity index (χ3v) is 3.75. The number of nitrogens with zero attached hydrogens (tertiary/aromatic N) is 1. The van der Waals surface area contributed by atoms with Crippen molar-refractivity contribution >= 4 is 15.9 Å². The lowest BCUT2D eigenvalue weighted by Crippen LogP contribution is -2.02. The van der Waals surface area contributed by atoms with Gasteiger partial charge in [0.2, 0.25) is 0 Å². The highest BCUT2D eigenvalue weighted by Gasteiger charge is 2.12. The average molecular weight is 294 g/mol. The van der Waals surface area contributed by atoms with Gasteiger partial charge in [0, 0.05) is 15.9 Å². The Hall–Kier alpha value is -1.22. The van der Waals surface area contributed by atoms with Gasteiger partial charge in [-0.1, -0.05) is 6.07 Å². The van der Waals surface area contributed by atoms with Crippen molar-refractivity contribution in [2.75, 3.05) is 7.11 Å². The van der Waals surface area contributed by atoms with Gasteiger partial charge in [-0.3, -0.25) is 0 Å². The Bertz CT molecular complexity index is 558. The number of aromatic nitrogens is 1. The predicted octanol–water partition coefficient (Wildman–Crippen LogP) is 4.17. The summed E-state index contributed by atoms with van der Waals surface area (Å²) in [5, 5.41) is 0. The van der Waals surface area contributed by atoms with Crippen molar-refractivity contribution in [3.8, 4) is 11.4 Å². The molecule has 1 heterocycles. The Morgan fingerprint density at radius 1 is 1.12 bits per heavy atom. The Balaban J connectivity index is 2.71. The smallest absolute Gasteiger partial charge is 0.142 e. The molecule has 2 aromatic rings. The van der Waals surface area contributed by atoms with Crippen LogP contribution in [0.25, 0.3) is 5.69 Å². The lowest BCUT2D eigenvalue weighted by molar-refractivity contribution is 0.412. The fourth-order valence-corrected chi connectivity index (χ4v) is 2.58. The minimum atomic E-state index is 0.893. The van der Waals surface area contributed by atoms with Gasteiger partial charge in [-0.25, -0.2) is 0 Å². The summed E-state index contributed by atoms with van der Waals surface area (Å²) in [4.78, 5) is 0. The standard InChI is InChI=1S/C14H16BrNO/c1-9-5-6-14(17-4)13(7-9)16-10(2)8-12(15)11(16)3/h5-8H,1-4H3. The minimum absolute atomic E-state index is 0.893. The van der Waals surface area contributed by atoms with Crippen molar-refractivity contribution in [3.63, 3.8) is 0 Å². The summed E-state index contributed by atoms with van der Waals surface area (Å²) in [6.45, 7) is 6.28. The molecule has 0 aliphatic carbocycles. The zero-order valence-electron chi connectivity index (χ0n) is 10.5. The van der Waals surface area contributed by atoms with Gasteiger partial charge in [0.1, 0.15) is 5.75 Å². The molecular formula is C14H16BrNO. The number of methoxy groups -OCH3 is 1. The van der Waals surface area contributed by atoms with Crippen molar-refractivity contribution in [2.45, 2.75) is 20.8 Å². The summed E-state index contributed by atoms with van der Waals surface area (Å²) < 4.78 is 8.77. The SMILES string of the molecule is COc1ccc(C)cc1-n1c(C)cc(Br)c1C. The van der Waals surface area contributed by atoms with Gasteiger partial charge < -0.3 is 9.30 Å². The number of halogens is 1. The third kappa shape index (κ3) is 2.12. The van der Waals surface area contributed by atoms with E-state index < -0.39 is 0 Å². The summed E-state index contributed by atoms with van der Waals surface area (Å²) in [7, 11) is 1.71. The maximum absolute atomic E-state index is 5.44. The monoisotopic (exact) mass is 293 g/mol. The summed E-state index contributed by atoms with van der Waals surface area (Å²) in [6.07, 6.45) is 0. The molecule has 0 aliphatic heterocycles. The van der Waals surface area contributed by atoms with Crippen LogP contribution in [-0.2, 0) is 0 Å². The molecule has 0 bridgehead atoms. The summed E-state index contributed by atoms with van der Waals surface area (Å²) in [5.74, 6) is 0.893. The van der Waals surface area contributed by atoms with E-state index in [1.165, 1.54) is 17.0 Å². The number of hydrogen-bond donors (Lipinski definition) is 0. The van der Waals surface area contributed by atoms with E-state index in [2.05, 4.69) is 59.5 Å². The van der Waals surface area contributed by atoms with Crippen LogP contribution in [0.3, 0.4) is 0 Å². The fraction of sp³-hybridized carbons (Fsp3) is 0.286. The molecule has 17 heavy (non-hydrogen) atoms. The molecule has 0 radical (unpaired) electrons. The summed E-state index contributed by atoms with van der Waals surface area (Å²) in [5.41, 5.74) is 4.70. The van der Waals surface area contributed by atoms with Crippen LogP contribution in [0.4, 0.5) is 0 Å². The van der Waals surface area contributed by atoms with Crippen LogP contribution >= 0.6 is 15.9 Å². The van der Waals surface area contributed by atoms with Crippen LogP contribution in [0, 0.1) is 20.8 Å². The van der Waals surface area contributed by atoms with Crippen molar-refractivity contribution in [3.05, 3.63) is 45.7 Å². The van der Waals surface area contributed by atoms with E-state index in [4.69, 9.17) is 4.74 Å². The Labute approximate surface area is 110 Å². The van der Waals surface area contributed by atoms with E-state index in [-0.39, 0.29) is 0 Å². The van der Waals surface area contributed by atoms with Gasteiger partial charge in [0.15, 0.2) is 0 Å². The number of benzene rings is 1. The highest BCUT2D eigenvalue weighted by molar-refractivity contribution is 9.10. The average Bonchev–Trinajstić information content (AvgIpc) is 2.53. The molecule has 90 valence electrons. The zero-order valence-corrected chi connectivity index (χ0v) is 12.1. The topological polar surface area (TPSA) is 14.2 Å². The van der Waals surface area contributed by atoms with Crippen molar-refractivity contribution in [1.82, 2.24) is 4.57 Å². The molecular weight excluding hydrogens is 278 g/mol. The largest absolute Gasteiger partial charge is 0.495 e. The molecule has 0 saturated heterocycles. The van der Waals surface area contributed by atoms with E-state index in [0.29, 0.717) is 0 Å². The van der Waals surface area contributed by atoms with Crippen LogP contribution < -0.4 is 4.74 Å². The zero-order chi connectivity index (χ0) is 12.6. The molecule has 2 nitrogen and oxygen atoms in total. The van der Waals surface area contributed by atoms with Crippen LogP contribution in [0.5, 0.6) is 5.75 Å². The number of aryl methyl sites for hydroxylation is 2. The van der Waals surface area contributed by atoms with E-state index in [1.807, 2.05) is 6.07 Å². The van der Waals surface area contributed by atoms with Crippen molar-refractivity contribution < 1.29 is 4.74 Å². The van der Waals surface area contributed by atoms with Gasteiger partial charge in [0.05, 0.1) is 12.8 Å². The summed E-state index contributed by atoms with van der Waals surface area (Å²) in [6, 6.07) is 8.34. The molecule has 0 fully saturated rings. The Morgan fingerprint density at radius 3 is 2.35 bits per heavy atom. The predicted molar refractivity (Wildman–Crippen MR) is 74.2 cm³/mol. The van der Waals surface area contributed by atoms with E-state index in [0.717, 1.165) is 15.9 Å². The molecule has 0 amide bonds. The minimum Gasteiger partial charge on any atom is -0.495 e. The van der Waals surface area contributed by atoms with Crippen LogP contribution in [0.2, 0.25) is 0 Å². The van der Waals surface area contributed by atoms with Gasteiger partial charge in [-0.15, -0.1) is 0 Å². The molecule has 1 aromatic heterocycles. The summed E-state index contributed by atoms with van der Waals surface area (Å²) >= 11 is 3.57. The van der Waals surface area contributed by atoms with Gasteiger partial charge in [-0.05, 0) is 60.5 Å². The van der Waals surface area contributed by atoms with Gasteiger partial charge in [-0.2, -0.15) is 0 Å². The van der Waals surface area contributed by atoms with Crippen LogP contribution in [0.15, 0.2) is 28.7 Å². The first-order valence-electron chi connectivity index (χ1n) is 5.54. The molecule has 0 atom stereocenters. The lowest BCUT2D eigenvalue weighted by Gasteiger charge is -2.14. The van der Waals surface area contributed by atoms with Crippen LogP contribution in [-0.4, -0.2) is 11.7 Å². The molecule has 0 unspecified atom stereocenters. The second kappa shape index (κ2) is 4.57. The molecule has 0 aliphatic rings. The molecule has 0 N–H and O–H groups in total. The number of rotatable bonds is 2. The van der Waals surface area contributed by atoms with E-state index in [1.54, 1.807) is 7.11 Å². The second-order valence-electron chi connectivity index (χ2n) is 4.23. The maximum atomic E-state index is 5.44. The normalized spacial score (nSPS) is 10.6. The first-order valence-corrected chi connectivity index (χ1v) is 6.33. The maximum Gasteiger partial charge on any atom is 0.142 e. The Morgan fingerprint density at radius 2 is 1.82 bits per heavy atom. The number of hydrogen-bond acceptors (Lipinski definition) is 1. The number of ether oxygens (including phenoxy) is 1. The quantitative estimate of drug-likeness (QED) is 0.810. The Kier molecular flexibility index (Phi) is 3.29. The molecule has 3 heteroatoms. The third-order valence-electron chi connectivity index (χ3n) is 2.94. The first-order chi connectivity index (χ1) is 8.04. The lowest BCUT2D eigenvalue weighted by atomic mass is 10.2. The van der Waals surface area contributed by atoms with Gasteiger partial charge >= 0.3 is 0 Å². The molecule has 2 rings (SSSR count). The fourth-order valence-electron chi connectivity index (χ4n) is 2.07. The van der Waals surface area contributed by atoms with Gasteiger partial charge in [0.25, 0.3) is 0 Å². The molecule has 1 aromatic carbocycles. The van der Waals surface area contributed by atoms with Crippen molar-refractivity contribution in [2.24, 2.45) is 0 Å². The van der Waals surface area contributed by atoms with E-state index >= 15 is 0 Å². The second-order valence-corrected chi connectivity index (χ2v) is 5.08. The molecule has 0 saturated carbocycles. The van der Waals surface area contributed by atoms with E-state index in [9.17, 15) is 0 Å². The molecule has 0 spiro atoms.